The van der Waals surface area contributed by atoms with E-state index in [-0.39, 0.29) is 11.7 Å². The smallest absolute Gasteiger partial charge is 0.201 e. The molecule has 4 unspecified atom stereocenters. The Kier molecular flexibility index (Phi) is 3.38. The van der Waals surface area contributed by atoms with Crippen LogP contribution in [0, 0.1) is 17.8 Å². The van der Waals surface area contributed by atoms with Crippen LogP contribution in [0.15, 0.2) is 23.5 Å². The summed E-state index contributed by atoms with van der Waals surface area (Å²) in [5.41, 5.74) is 1.17. The van der Waals surface area contributed by atoms with Crippen molar-refractivity contribution in [2.45, 2.75) is 39.9 Å². The Labute approximate surface area is 102 Å². The molecule has 1 fully saturated rings. The molecule has 17 heavy (non-hydrogen) atoms. The standard InChI is InChI=1S/C14H20O3/c1-8-4-6-11-10(3)12(7-5-9(2)15)17-14(16)13(8)11/h5,7-8,11,13-14,16H,4,6H2,1-3H3/b7-5+. The van der Waals surface area contributed by atoms with Crippen molar-refractivity contribution in [1.82, 2.24) is 0 Å². The summed E-state index contributed by atoms with van der Waals surface area (Å²) in [7, 11) is 0. The van der Waals surface area contributed by atoms with Gasteiger partial charge in [0.25, 0.3) is 0 Å². The number of aliphatic hydroxyl groups is 1. The van der Waals surface area contributed by atoms with Gasteiger partial charge >= 0.3 is 0 Å². The van der Waals surface area contributed by atoms with Crippen molar-refractivity contribution in [3.8, 4) is 0 Å². The van der Waals surface area contributed by atoms with Crippen molar-refractivity contribution in [2.75, 3.05) is 0 Å². The number of carbonyl (C=O) groups is 1. The molecule has 0 bridgehead atoms. The van der Waals surface area contributed by atoms with E-state index < -0.39 is 6.29 Å². The molecule has 0 saturated heterocycles. The van der Waals surface area contributed by atoms with E-state index in [0.29, 0.717) is 17.6 Å². The zero-order valence-electron chi connectivity index (χ0n) is 10.6. The molecule has 0 amide bonds. The summed E-state index contributed by atoms with van der Waals surface area (Å²) in [6, 6.07) is 0. The highest BCUT2D eigenvalue weighted by atomic mass is 16.6. The van der Waals surface area contributed by atoms with Crippen molar-refractivity contribution in [1.29, 1.82) is 0 Å². The largest absolute Gasteiger partial charge is 0.465 e. The summed E-state index contributed by atoms with van der Waals surface area (Å²) in [6.45, 7) is 5.72. The van der Waals surface area contributed by atoms with Gasteiger partial charge in [-0.2, -0.15) is 0 Å². The van der Waals surface area contributed by atoms with Gasteiger partial charge in [0.15, 0.2) is 5.78 Å². The monoisotopic (exact) mass is 236 g/mol. The SMILES string of the molecule is CC(=O)/C=C/C1=C(C)C2CCC(C)C2C(O)O1. The quantitative estimate of drug-likeness (QED) is 0.749. The lowest BCUT2D eigenvalue weighted by Crippen LogP contribution is -2.35. The maximum atomic E-state index is 10.9. The number of hydrogen-bond acceptors (Lipinski definition) is 3. The molecule has 2 aliphatic rings. The van der Waals surface area contributed by atoms with E-state index in [1.807, 2.05) is 6.92 Å². The summed E-state index contributed by atoms with van der Waals surface area (Å²) in [6.07, 6.45) is 4.68. The Bertz CT molecular complexity index is 381. The molecule has 0 aromatic rings. The fourth-order valence-electron chi connectivity index (χ4n) is 3.06. The number of ether oxygens (including phenoxy) is 1. The molecule has 0 spiro atoms. The highest BCUT2D eigenvalue weighted by molar-refractivity contribution is 5.87. The minimum absolute atomic E-state index is 0.00898. The third kappa shape index (κ3) is 2.29. The van der Waals surface area contributed by atoms with Crippen LogP contribution in [0.2, 0.25) is 0 Å². The van der Waals surface area contributed by atoms with Crippen molar-refractivity contribution in [3.63, 3.8) is 0 Å². The normalized spacial score (nSPS) is 37.2. The second-order valence-electron chi connectivity index (χ2n) is 5.24. The zero-order chi connectivity index (χ0) is 12.6. The van der Waals surface area contributed by atoms with Crippen LogP contribution >= 0.6 is 0 Å². The molecule has 94 valence electrons. The molecule has 4 atom stereocenters. The van der Waals surface area contributed by atoms with Gasteiger partial charge in [-0.25, -0.2) is 0 Å². The van der Waals surface area contributed by atoms with Gasteiger partial charge in [-0.05, 0) is 56.3 Å². The number of ketones is 1. The molecule has 3 nitrogen and oxygen atoms in total. The van der Waals surface area contributed by atoms with Crippen LogP contribution in [0.1, 0.15) is 33.6 Å². The molecule has 0 radical (unpaired) electrons. The van der Waals surface area contributed by atoms with Gasteiger partial charge in [0.05, 0.1) is 0 Å². The average Bonchev–Trinajstić information content (AvgIpc) is 2.64. The summed E-state index contributed by atoms with van der Waals surface area (Å²) in [5, 5.41) is 10.0. The maximum Gasteiger partial charge on any atom is 0.201 e. The molecule has 1 heterocycles. The van der Waals surface area contributed by atoms with Crippen LogP contribution in [0.3, 0.4) is 0 Å². The third-order valence-corrected chi connectivity index (χ3v) is 4.05. The summed E-state index contributed by atoms with van der Waals surface area (Å²) >= 11 is 0. The number of carbonyl (C=O) groups excluding carboxylic acids is 1. The van der Waals surface area contributed by atoms with E-state index in [1.165, 1.54) is 18.6 Å². The predicted octanol–water partition coefficient (Wildman–Crippen LogP) is 2.42. The lowest BCUT2D eigenvalue weighted by atomic mass is 9.83. The minimum atomic E-state index is -0.729. The van der Waals surface area contributed by atoms with Gasteiger partial charge in [0, 0.05) is 5.92 Å². The van der Waals surface area contributed by atoms with Gasteiger partial charge in [-0.3, -0.25) is 4.79 Å². The highest BCUT2D eigenvalue weighted by Gasteiger charge is 2.43. The van der Waals surface area contributed by atoms with Crippen LogP contribution in [0.4, 0.5) is 0 Å². The van der Waals surface area contributed by atoms with E-state index in [1.54, 1.807) is 6.08 Å². The summed E-state index contributed by atoms with van der Waals surface area (Å²) in [5.74, 6) is 1.78. The molecular weight excluding hydrogens is 216 g/mol. The summed E-state index contributed by atoms with van der Waals surface area (Å²) in [4.78, 5) is 10.9. The van der Waals surface area contributed by atoms with Crippen molar-refractivity contribution >= 4 is 5.78 Å². The molecule has 0 aromatic carbocycles. The lowest BCUT2D eigenvalue weighted by molar-refractivity contribution is -0.130. The Morgan fingerprint density at radius 2 is 2.18 bits per heavy atom. The molecule has 1 N–H and O–H groups in total. The fraction of sp³-hybridized carbons (Fsp3) is 0.643. The number of rotatable bonds is 2. The molecule has 0 aromatic heterocycles. The molecule has 1 aliphatic carbocycles. The third-order valence-electron chi connectivity index (χ3n) is 4.05. The van der Waals surface area contributed by atoms with Gasteiger partial charge < -0.3 is 9.84 Å². The maximum absolute atomic E-state index is 10.9. The molecule has 3 heteroatoms. The van der Waals surface area contributed by atoms with Crippen molar-refractivity contribution in [2.24, 2.45) is 17.8 Å². The lowest BCUT2D eigenvalue weighted by Gasteiger charge is -2.34. The average molecular weight is 236 g/mol. The molecule has 1 aliphatic heterocycles. The molecular formula is C14H20O3. The van der Waals surface area contributed by atoms with Crippen LogP contribution in [0.5, 0.6) is 0 Å². The van der Waals surface area contributed by atoms with Gasteiger partial charge in [0.2, 0.25) is 6.29 Å². The number of hydrogen-bond donors (Lipinski definition) is 1. The highest BCUT2D eigenvalue weighted by Crippen LogP contribution is 2.47. The van der Waals surface area contributed by atoms with E-state index in [0.717, 1.165) is 12.8 Å². The second kappa shape index (κ2) is 4.65. The summed E-state index contributed by atoms with van der Waals surface area (Å²) < 4.78 is 5.53. The number of aliphatic hydroxyl groups excluding tert-OH is 1. The van der Waals surface area contributed by atoms with Gasteiger partial charge in [0.1, 0.15) is 5.76 Å². The van der Waals surface area contributed by atoms with Gasteiger partial charge in [-0.1, -0.05) is 6.92 Å². The van der Waals surface area contributed by atoms with Crippen LogP contribution < -0.4 is 0 Å². The number of fused-ring (bicyclic) bond motifs is 1. The topological polar surface area (TPSA) is 46.5 Å². The first-order valence-electron chi connectivity index (χ1n) is 6.25. The van der Waals surface area contributed by atoms with Crippen LogP contribution in [0.25, 0.3) is 0 Å². The fourth-order valence-corrected chi connectivity index (χ4v) is 3.06. The van der Waals surface area contributed by atoms with Crippen LogP contribution in [-0.2, 0) is 9.53 Å². The first-order valence-corrected chi connectivity index (χ1v) is 6.25. The van der Waals surface area contributed by atoms with Gasteiger partial charge in [-0.15, -0.1) is 0 Å². The second-order valence-corrected chi connectivity index (χ2v) is 5.24. The van der Waals surface area contributed by atoms with E-state index in [2.05, 4.69) is 6.92 Å². The number of allylic oxidation sites excluding steroid dienone is 3. The minimum Gasteiger partial charge on any atom is -0.465 e. The molecule has 2 rings (SSSR count). The van der Waals surface area contributed by atoms with Crippen LogP contribution in [-0.4, -0.2) is 17.2 Å². The van der Waals surface area contributed by atoms with Crippen molar-refractivity contribution in [3.05, 3.63) is 23.5 Å². The Balaban J connectivity index is 2.26. The van der Waals surface area contributed by atoms with Crippen molar-refractivity contribution < 1.29 is 14.6 Å². The predicted molar refractivity (Wildman–Crippen MR) is 65.0 cm³/mol. The molecule has 1 saturated carbocycles. The Morgan fingerprint density at radius 3 is 2.82 bits per heavy atom. The van der Waals surface area contributed by atoms with E-state index in [4.69, 9.17) is 4.74 Å². The Morgan fingerprint density at radius 1 is 1.47 bits per heavy atom. The zero-order valence-corrected chi connectivity index (χ0v) is 10.6. The van der Waals surface area contributed by atoms with E-state index in [9.17, 15) is 9.90 Å². The van der Waals surface area contributed by atoms with E-state index >= 15 is 0 Å². The first kappa shape index (κ1) is 12.4. The first-order chi connectivity index (χ1) is 8.00. The Hall–Kier alpha value is -1.09.